The highest BCUT2D eigenvalue weighted by atomic mass is 19.1. The second kappa shape index (κ2) is 2.44. The molecule has 0 N–H and O–H groups in total. The maximum atomic E-state index is 12.6. The van der Waals surface area contributed by atoms with E-state index in [0.29, 0.717) is 17.1 Å². The topological polar surface area (TPSA) is 30.2 Å². The summed E-state index contributed by atoms with van der Waals surface area (Å²) in [7, 11) is 0. The van der Waals surface area contributed by atoms with Crippen LogP contribution in [0.4, 0.5) is 4.39 Å². The van der Waals surface area contributed by atoms with Gasteiger partial charge < -0.3 is 4.42 Å². The summed E-state index contributed by atoms with van der Waals surface area (Å²) in [5.74, 6) is -0.0919. The molecule has 2 rings (SSSR count). The molecule has 0 saturated heterocycles. The molecular formula is C9H5FO2. The predicted octanol–water partition coefficient (Wildman–Crippen LogP) is 2.38. The molecule has 0 fully saturated rings. The molecule has 0 spiro atoms. The lowest BCUT2D eigenvalue weighted by molar-refractivity contribution is 0.110. The number of hydrogen-bond donors (Lipinski definition) is 0. The van der Waals surface area contributed by atoms with E-state index < -0.39 is 0 Å². The average Bonchev–Trinajstić information content (AvgIpc) is 2.46. The number of aldehydes is 1. The lowest BCUT2D eigenvalue weighted by atomic mass is 10.2. The van der Waals surface area contributed by atoms with E-state index in [-0.39, 0.29) is 11.6 Å². The van der Waals surface area contributed by atoms with Gasteiger partial charge in [-0.1, -0.05) is 0 Å². The number of carbonyl (C=O) groups excluding carboxylic acids is 1. The number of carbonyl (C=O) groups is 1. The molecule has 0 saturated carbocycles. The van der Waals surface area contributed by atoms with Crippen LogP contribution in [0.25, 0.3) is 10.8 Å². The number of halogens is 1. The fraction of sp³-hybridized carbons (Fsp3) is 0. The van der Waals surface area contributed by atoms with Crippen molar-refractivity contribution >= 4 is 17.1 Å². The maximum absolute atomic E-state index is 12.6. The Morgan fingerprint density at radius 1 is 1.42 bits per heavy atom. The van der Waals surface area contributed by atoms with Crippen LogP contribution in [0.5, 0.6) is 0 Å². The Balaban J connectivity index is 2.81. The van der Waals surface area contributed by atoms with Crippen LogP contribution in [0.3, 0.4) is 0 Å². The van der Waals surface area contributed by atoms with Crippen molar-refractivity contribution < 1.29 is 13.6 Å². The minimum absolute atomic E-state index is 0.241. The normalized spacial score (nSPS) is 10.4. The monoisotopic (exact) mass is 164 g/mol. The summed E-state index contributed by atoms with van der Waals surface area (Å²) in [4.78, 5) is 10.4. The molecule has 12 heavy (non-hydrogen) atoms. The number of hydrogen-bond acceptors (Lipinski definition) is 2. The van der Waals surface area contributed by atoms with E-state index in [9.17, 15) is 9.18 Å². The summed E-state index contributed by atoms with van der Waals surface area (Å²) in [5.41, 5.74) is 0. The molecule has 3 heteroatoms. The summed E-state index contributed by atoms with van der Waals surface area (Å²) < 4.78 is 17.5. The summed E-state index contributed by atoms with van der Waals surface area (Å²) in [6.45, 7) is 0. The van der Waals surface area contributed by atoms with Gasteiger partial charge in [0, 0.05) is 10.8 Å². The smallest absolute Gasteiger partial charge is 0.185 e. The Morgan fingerprint density at radius 3 is 3.00 bits per heavy atom. The van der Waals surface area contributed by atoms with Crippen LogP contribution >= 0.6 is 0 Å². The van der Waals surface area contributed by atoms with Gasteiger partial charge in [0.25, 0.3) is 0 Å². The third-order valence-electron chi connectivity index (χ3n) is 1.70. The van der Waals surface area contributed by atoms with Crippen molar-refractivity contribution in [1.29, 1.82) is 0 Å². The number of benzene rings is 1. The Hall–Kier alpha value is -1.64. The van der Waals surface area contributed by atoms with Crippen LogP contribution in [-0.4, -0.2) is 6.29 Å². The fourth-order valence-corrected chi connectivity index (χ4v) is 1.14. The Morgan fingerprint density at radius 2 is 2.25 bits per heavy atom. The summed E-state index contributed by atoms with van der Waals surface area (Å²) in [5, 5.41) is 1.25. The van der Waals surface area contributed by atoms with E-state index in [1.807, 2.05) is 0 Å². The van der Waals surface area contributed by atoms with Gasteiger partial charge in [0.2, 0.25) is 0 Å². The van der Waals surface area contributed by atoms with Crippen molar-refractivity contribution in [2.75, 3.05) is 0 Å². The van der Waals surface area contributed by atoms with Crippen molar-refractivity contribution in [1.82, 2.24) is 0 Å². The molecule has 1 aromatic carbocycles. The summed E-state index contributed by atoms with van der Waals surface area (Å²) in [6.07, 6.45) is 1.97. The molecule has 0 amide bonds. The van der Waals surface area contributed by atoms with E-state index >= 15 is 0 Å². The second-order valence-electron chi connectivity index (χ2n) is 2.45. The molecule has 0 bridgehead atoms. The number of fused-ring (bicyclic) bond motifs is 1. The molecule has 1 aromatic heterocycles. The van der Waals surface area contributed by atoms with E-state index in [4.69, 9.17) is 4.42 Å². The van der Waals surface area contributed by atoms with Gasteiger partial charge >= 0.3 is 0 Å². The quantitative estimate of drug-likeness (QED) is 0.605. The Labute approximate surface area is 67.6 Å². The number of rotatable bonds is 1. The molecular weight excluding hydrogens is 159 g/mol. The molecule has 1 heterocycles. The van der Waals surface area contributed by atoms with Gasteiger partial charge in [0.15, 0.2) is 12.0 Å². The van der Waals surface area contributed by atoms with E-state index in [1.54, 1.807) is 0 Å². The van der Waals surface area contributed by atoms with Crippen molar-refractivity contribution in [3.8, 4) is 0 Å². The average molecular weight is 164 g/mol. The SMILES string of the molecule is O=Cc1occ2cc(F)ccc12. The highest BCUT2D eigenvalue weighted by molar-refractivity contribution is 5.95. The van der Waals surface area contributed by atoms with Gasteiger partial charge in [-0.25, -0.2) is 4.39 Å². The highest BCUT2D eigenvalue weighted by Crippen LogP contribution is 2.20. The molecule has 0 aliphatic heterocycles. The molecule has 0 aliphatic rings. The van der Waals surface area contributed by atoms with Crippen LogP contribution in [0, 0.1) is 5.82 Å². The lowest BCUT2D eigenvalue weighted by Gasteiger charge is -1.87. The van der Waals surface area contributed by atoms with Gasteiger partial charge in [-0.05, 0) is 18.2 Å². The zero-order valence-electron chi connectivity index (χ0n) is 6.08. The van der Waals surface area contributed by atoms with Gasteiger partial charge in [-0.3, -0.25) is 4.79 Å². The first-order chi connectivity index (χ1) is 5.81. The van der Waals surface area contributed by atoms with Gasteiger partial charge in [0.05, 0.1) is 6.26 Å². The van der Waals surface area contributed by atoms with E-state index in [1.165, 1.54) is 24.5 Å². The molecule has 0 unspecified atom stereocenters. The minimum atomic E-state index is -0.333. The van der Waals surface area contributed by atoms with Crippen LogP contribution in [0.1, 0.15) is 10.6 Å². The van der Waals surface area contributed by atoms with Crippen LogP contribution in [-0.2, 0) is 0 Å². The molecule has 0 radical (unpaired) electrons. The molecule has 2 nitrogen and oxygen atoms in total. The standard InChI is InChI=1S/C9H5FO2/c10-7-1-2-8-6(3-7)5-12-9(8)4-11/h1-5H. The number of furan rings is 1. The third kappa shape index (κ3) is 0.906. The minimum Gasteiger partial charge on any atom is -0.460 e. The lowest BCUT2D eigenvalue weighted by Crippen LogP contribution is -1.75. The van der Waals surface area contributed by atoms with E-state index in [0.717, 1.165) is 0 Å². The largest absolute Gasteiger partial charge is 0.460 e. The second-order valence-corrected chi connectivity index (χ2v) is 2.45. The zero-order valence-corrected chi connectivity index (χ0v) is 6.08. The molecule has 60 valence electrons. The van der Waals surface area contributed by atoms with Crippen LogP contribution < -0.4 is 0 Å². The molecule has 0 aliphatic carbocycles. The van der Waals surface area contributed by atoms with Crippen molar-refractivity contribution in [2.24, 2.45) is 0 Å². The van der Waals surface area contributed by atoms with E-state index in [2.05, 4.69) is 0 Å². The Bertz CT molecular complexity index is 431. The molecule has 0 atom stereocenters. The highest BCUT2D eigenvalue weighted by Gasteiger charge is 2.04. The summed E-state index contributed by atoms with van der Waals surface area (Å²) >= 11 is 0. The third-order valence-corrected chi connectivity index (χ3v) is 1.70. The van der Waals surface area contributed by atoms with Gasteiger partial charge in [-0.15, -0.1) is 0 Å². The summed E-state index contributed by atoms with van der Waals surface area (Å²) in [6, 6.07) is 4.15. The van der Waals surface area contributed by atoms with Crippen molar-refractivity contribution in [3.05, 3.63) is 36.0 Å². The first kappa shape index (κ1) is 7.03. The predicted molar refractivity (Wildman–Crippen MR) is 41.6 cm³/mol. The maximum Gasteiger partial charge on any atom is 0.185 e. The van der Waals surface area contributed by atoms with Crippen molar-refractivity contribution in [3.63, 3.8) is 0 Å². The zero-order chi connectivity index (χ0) is 8.55. The van der Waals surface area contributed by atoms with Crippen LogP contribution in [0.15, 0.2) is 28.9 Å². The van der Waals surface area contributed by atoms with Gasteiger partial charge in [-0.2, -0.15) is 0 Å². The van der Waals surface area contributed by atoms with Crippen LogP contribution in [0.2, 0.25) is 0 Å². The molecule has 2 aromatic rings. The van der Waals surface area contributed by atoms with Crippen molar-refractivity contribution in [2.45, 2.75) is 0 Å². The fourth-order valence-electron chi connectivity index (χ4n) is 1.14. The first-order valence-corrected chi connectivity index (χ1v) is 3.43. The Kier molecular flexibility index (Phi) is 1.43. The van der Waals surface area contributed by atoms with Gasteiger partial charge in [0.1, 0.15) is 5.82 Å². The first-order valence-electron chi connectivity index (χ1n) is 3.43.